The van der Waals surface area contributed by atoms with Crippen LogP contribution in [0.4, 0.5) is 0 Å². The summed E-state index contributed by atoms with van der Waals surface area (Å²) >= 11 is 7.63. The van der Waals surface area contributed by atoms with Gasteiger partial charge in [0.1, 0.15) is 10.7 Å². The van der Waals surface area contributed by atoms with Crippen molar-refractivity contribution in [3.8, 4) is 26.9 Å². The lowest BCUT2D eigenvalue weighted by atomic mass is 10.1. The third kappa shape index (κ3) is 3.44. The van der Waals surface area contributed by atoms with Crippen molar-refractivity contribution in [2.24, 2.45) is 0 Å². The van der Waals surface area contributed by atoms with Crippen LogP contribution in [0, 0.1) is 0 Å². The van der Waals surface area contributed by atoms with E-state index >= 15 is 0 Å². The van der Waals surface area contributed by atoms with E-state index in [-0.39, 0.29) is 5.97 Å². The van der Waals surface area contributed by atoms with Crippen LogP contribution in [-0.2, 0) is 4.79 Å². The van der Waals surface area contributed by atoms with Crippen LogP contribution in [0.2, 0.25) is 5.02 Å². The Morgan fingerprint density at radius 3 is 2.52 bits per heavy atom. The second kappa shape index (κ2) is 6.94. The lowest BCUT2D eigenvalue weighted by Crippen LogP contribution is -2.05. The highest BCUT2D eigenvalue weighted by molar-refractivity contribution is 7.17. The standard InChI is InChI=1S/C18H14ClNO2S/c1-2-15(21)22-18-16(13-10-6-7-11-14(13)19)20-17(23-18)12-8-4-3-5-9-12/h3-11H,2H2,1H3. The molecule has 0 aliphatic carbocycles. The number of benzene rings is 2. The van der Waals surface area contributed by atoms with E-state index in [2.05, 4.69) is 4.98 Å². The van der Waals surface area contributed by atoms with Crippen molar-refractivity contribution in [2.45, 2.75) is 13.3 Å². The fourth-order valence-corrected chi connectivity index (χ4v) is 3.26. The minimum Gasteiger partial charge on any atom is -0.413 e. The van der Waals surface area contributed by atoms with Gasteiger partial charge in [0.2, 0.25) is 5.06 Å². The summed E-state index contributed by atoms with van der Waals surface area (Å²) in [5, 5.41) is 1.84. The van der Waals surface area contributed by atoms with Gasteiger partial charge in [-0.15, -0.1) is 0 Å². The number of carbonyl (C=O) groups excluding carboxylic acids is 1. The zero-order valence-corrected chi connectivity index (χ0v) is 14.0. The maximum Gasteiger partial charge on any atom is 0.311 e. The van der Waals surface area contributed by atoms with Gasteiger partial charge in [0.25, 0.3) is 0 Å². The van der Waals surface area contributed by atoms with Crippen LogP contribution in [0.5, 0.6) is 5.06 Å². The molecule has 0 atom stereocenters. The fraction of sp³-hybridized carbons (Fsp3) is 0.111. The molecule has 3 nitrogen and oxygen atoms in total. The first kappa shape index (κ1) is 15.7. The molecule has 0 saturated heterocycles. The van der Waals surface area contributed by atoms with Gasteiger partial charge in [0.15, 0.2) is 0 Å². The molecule has 3 aromatic rings. The lowest BCUT2D eigenvalue weighted by molar-refractivity contribution is -0.133. The largest absolute Gasteiger partial charge is 0.413 e. The molecule has 0 aliphatic rings. The Labute approximate surface area is 143 Å². The Balaban J connectivity index is 2.11. The van der Waals surface area contributed by atoms with Gasteiger partial charge in [-0.1, -0.05) is 78.4 Å². The number of rotatable bonds is 4. The van der Waals surface area contributed by atoms with E-state index in [1.54, 1.807) is 13.0 Å². The Hall–Kier alpha value is -2.17. The number of hydrogen-bond donors (Lipinski definition) is 0. The number of carbonyl (C=O) groups is 1. The maximum absolute atomic E-state index is 11.7. The maximum atomic E-state index is 11.7. The molecule has 0 fully saturated rings. The average molecular weight is 344 g/mol. The first-order chi connectivity index (χ1) is 11.2. The van der Waals surface area contributed by atoms with E-state index < -0.39 is 0 Å². The van der Waals surface area contributed by atoms with Gasteiger partial charge >= 0.3 is 5.97 Å². The minimum absolute atomic E-state index is 0.290. The minimum atomic E-state index is -0.290. The van der Waals surface area contributed by atoms with E-state index in [0.717, 1.165) is 16.1 Å². The molecule has 0 unspecified atom stereocenters. The van der Waals surface area contributed by atoms with Crippen LogP contribution in [0.25, 0.3) is 21.8 Å². The molecule has 0 saturated carbocycles. The van der Waals surface area contributed by atoms with Gasteiger partial charge in [0.05, 0.1) is 5.02 Å². The normalized spacial score (nSPS) is 10.5. The van der Waals surface area contributed by atoms with E-state index in [9.17, 15) is 4.79 Å². The summed E-state index contributed by atoms with van der Waals surface area (Å²) < 4.78 is 5.46. The molecule has 5 heteroatoms. The van der Waals surface area contributed by atoms with Crippen molar-refractivity contribution in [2.75, 3.05) is 0 Å². The second-order valence-corrected chi connectivity index (χ2v) is 6.20. The van der Waals surface area contributed by atoms with Crippen LogP contribution in [0.15, 0.2) is 54.6 Å². The molecule has 0 aliphatic heterocycles. The van der Waals surface area contributed by atoms with Gasteiger partial charge in [-0.05, 0) is 6.07 Å². The van der Waals surface area contributed by atoms with E-state index in [4.69, 9.17) is 16.3 Å². The Morgan fingerprint density at radius 2 is 1.83 bits per heavy atom. The summed E-state index contributed by atoms with van der Waals surface area (Å²) in [6.07, 6.45) is 0.306. The molecule has 0 radical (unpaired) electrons. The number of esters is 1. The quantitative estimate of drug-likeness (QED) is 0.591. The molecule has 0 spiro atoms. The summed E-state index contributed by atoms with van der Waals surface area (Å²) in [5.74, 6) is -0.290. The fourth-order valence-electron chi connectivity index (χ4n) is 2.08. The molecule has 3 rings (SSSR count). The van der Waals surface area contributed by atoms with Crippen LogP contribution in [0.3, 0.4) is 0 Å². The van der Waals surface area contributed by atoms with Crippen molar-refractivity contribution in [3.05, 3.63) is 59.6 Å². The van der Waals surface area contributed by atoms with Gasteiger partial charge in [-0.25, -0.2) is 4.98 Å². The highest BCUT2D eigenvalue weighted by Gasteiger charge is 2.19. The molecule has 1 aromatic heterocycles. The number of hydrogen-bond acceptors (Lipinski definition) is 4. The van der Waals surface area contributed by atoms with Crippen molar-refractivity contribution < 1.29 is 9.53 Å². The molecule has 23 heavy (non-hydrogen) atoms. The van der Waals surface area contributed by atoms with Gasteiger partial charge in [-0.2, -0.15) is 0 Å². The zero-order valence-electron chi connectivity index (χ0n) is 12.5. The molecular weight excluding hydrogens is 330 g/mol. The highest BCUT2D eigenvalue weighted by Crippen LogP contribution is 2.42. The summed E-state index contributed by atoms with van der Waals surface area (Å²) in [4.78, 5) is 16.4. The monoisotopic (exact) mass is 343 g/mol. The van der Waals surface area contributed by atoms with Crippen LogP contribution in [0.1, 0.15) is 13.3 Å². The van der Waals surface area contributed by atoms with Crippen molar-refractivity contribution in [3.63, 3.8) is 0 Å². The third-order valence-corrected chi connectivity index (χ3v) is 4.55. The summed E-state index contributed by atoms with van der Waals surface area (Å²) in [7, 11) is 0. The summed E-state index contributed by atoms with van der Waals surface area (Å²) in [6.45, 7) is 1.76. The topological polar surface area (TPSA) is 39.2 Å². The zero-order chi connectivity index (χ0) is 16.2. The average Bonchev–Trinajstić information content (AvgIpc) is 2.99. The first-order valence-electron chi connectivity index (χ1n) is 7.21. The Morgan fingerprint density at radius 1 is 1.13 bits per heavy atom. The molecule has 0 bridgehead atoms. The van der Waals surface area contributed by atoms with Crippen LogP contribution >= 0.6 is 22.9 Å². The van der Waals surface area contributed by atoms with E-state index in [0.29, 0.717) is 22.2 Å². The van der Waals surface area contributed by atoms with Crippen LogP contribution < -0.4 is 4.74 Å². The second-order valence-electron chi connectivity index (χ2n) is 4.83. The van der Waals surface area contributed by atoms with E-state index in [1.807, 2.05) is 48.5 Å². The highest BCUT2D eigenvalue weighted by atomic mass is 35.5. The lowest BCUT2D eigenvalue weighted by Gasteiger charge is -2.04. The Kier molecular flexibility index (Phi) is 4.74. The SMILES string of the molecule is CCC(=O)Oc1sc(-c2ccccc2)nc1-c1ccccc1Cl. The van der Waals surface area contributed by atoms with Gasteiger partial charge < -0.3 is 4.74 Å². The predicted molar refractivity (Wildman–Crippen MR) is 93.9 cm³/mol. The van der Waals surface area contributed by atoms with Crippen molar-refractivity contribution >= 4 is 28.9 Å². The summed E-state index contributed by atoms with van der Waals surface area (Å²) in [6, 6.07) is 17.2. The summed E-state index contributed by atoms with van der Waals surface area (Å²) in [5.41, 5.74) is 2.33. The molecule has 1 heterocycles. The number of halogens is 1. The molecule has 2 aromatic carbocycles. The number of nitrogens with zero attached hydrogens (tertiary/aromatic N) is 1. The number of thiazole rings is 1. The molecular formula is C18H14ClNO2S. The first-order valence-corrected chi connectivity index (χ1v) is 8.40. The predicted octanol–water partition coefficient (Wildman–Crippen LogP) is 5.45. The smallest absolute Gasteiger partial charge is 0.311 e. The molecule has 0 N–H and O–H groups in total. The van der Waals surface area contributed by atoms with E-state index in [1.165, 1.54) is 11.3 Å². The third-order valence-electron chi connectivity index (χ3n) is 3.24. The number of aromatic nitrogens is 1. The molecule has 0 amide bonds. The van der Waals surface area contributed by atoms with Crippen molar-refractivity contribution in [1.82, 2.24) is 4.98 Å². The van der Waals surface area contributed by atoms with Gasteiger partial charge in [0, 0.05) is 17.5 Å². The van der Waals surface area contributed by atoms with Gasteiger partial charge in [-0.3, -0.25) is 4.79 Å². The molecule has 116 valence electrons. The number of ether oxygens (including phenoxy) is 1. The van der Waals surface area contributed by atoms with Crippen molar-refractivity contribution in [1.29, 1.82) is 0 Å². The Bertz CT molecular complexity index is 830. The van der Waals surface area contributed by atoms with Crippen LogP contribution in [-0.4, -0.2) is 11.0 Å².